The van der Waals surface area contributed by atoms with Crippen LogP contribution in [0.4, 0.5) is 10.2 Å². The topological polar surface area (TPSA) is 122 Å². The number of halogens is 1. The molecular weight excluding hydrogens is 437 g/mol. The number of anilines is 1. The zero-order valence-corrected chi connectivity index (χ0v) is 18.7. The number of hydrogen-bond acceptors (Lipinski definition) is 8. The molecule has 0 saturated carbocycles. The molecule has 0 fully saturated rings. The number of hydrogen-bond donors (Lipinski definition) is 1. The molecule has 3 rings (SSSR count). The Hall–Kier alpha value is -3.21. The average molecular weight is 462 g/mol. The first-order chi connectivity index (χ1) is 15.3. The summed E-state index contributed by atoms with van der Waals surface area (Å²) >= 11 is 1.37. The van der Waals surface area contributed by atoms with Crippen molar-refractivity contribution in [3.8, 4) is 0 Å². The van der Waals surface area contributed by atoms with Crippen molar-refractivity contribution in [2.24, 2.45) is 0 Å². The Bertz CT molecular complexity index is 1240. The predicted molar refractivity (Wildman–Crippen MR) is 120 cm³/mol. The third-order valence-electron chi connectivity index (χ3n) is 4.57. The summed E-state index contributed by atoms with van der Waals surface area (Å²) in [7, 11) is 0. The summed E-state index contributed by atoms with van der Waals surface area (Å²) in [5.41, 5.74) is 4.65. The number of nitrogens with zero attached hydrogens (tertiary/aromatic N) is 4. The van der Waals surface area contributed by atoms with Gasteiger partial charge < -0.3 is 10.6 Å². The summed E-state index contributed by atoms with van der Waals surface area (Å²) in [5.74, 6) is -0.463. The van der Waals surface area contributed by atoms with Gasteiger partial charge in [-0.3, -0.25) is 14.2 Å². The third kappa shape index (κ3) is 5.16. The monoisotopic (exact) mass is 461 g/mol. The second-order valence-corrected chi connectivity index (χ2v) is 8.16. The lowest BCUT2D eigenvalue weighted by Gasteiger charge is -2.15. The molecular formula is C21H24FN5O4S. The van der Waals surface area contributed by atoms with E-state index in [0.29, 0.717) is 21.9 Å². The molecule has 0 radical (unpaired) electrons. The van der Waals surface area contributed by atoms with E-state index in [1.165, 1.54) is 36.0 Å². The molecule has 32 heavy (non-hydrogen) atoms. The van der Waals surface area contributed by atoms with Crippen molar-refractivity contribution in [1.82, 2.24) is 19.3 Å². The summed E-state index contributed by atoms with van der Waals surface area (Å²) in [4.78, 5) is 51.7. The molecule has 0 spiro atoms. The average Bonchev–Trinajstić information content (AvgIpc) is 2.76. The van der Waals surface area contributed by atoms with Crippen LogP contribution in [0, 0.1) is 5.82 Å². The third-order valence-corrected chi connectivity index (χ3v) is 5.51. The molecule has 0 atom stereocenters. The number of rotatable bonds is 9. The van der Waals surface area contributed by atoms with Gasteiger partial charge in [-0.15, -0.1) is 4.73 Å². The van der Waals surface area contributed by atoms with Crippen LogP contribution in [0.2, 0.25) is 0 Å². The zero-order chi connectivity index (χ0) is 23.3. The molecule has 2 N–H and O–H groups in total. The molecule has 0 aliphatic heterocycles. The number of carbonyl (C=O) groups is 1. The van der Waals surface area contributed by atoms with Crippen LogP contribution in [0.15, 0.2) is 39.0 Å². The molecule has 0 unspecified atom stereocenters. The lowest BCUT2D eigenvalue weighted by atomic mass is 10.2. The van der Waals surface area contributed by atoms with Crippen molar-refractivity contribution < 1.29 is 14.0 Å². The second kappa shape index (κ2) is 10.4. The van der Waals surface area contributed by atoms with Crippen molar-refractivity contribution in [3.63, 3.8) is 0 Å². The van der Waals surface area contributed by atoms with Gasteiger partial charge >= 0.3 is 17.1 Å². The van der Waals surface area contributed by atoms with Crippen molar-refractivity contribution in [2.75, 3.05) is 11.5 Å². The highest BCUT2D eigenvalue weighted by atomic mass is 32.2. The molecule has 0 bridgehead atoms. The van der Waals surface area contributed by atoms with Gasteiger partial charge in [-0.2, -0.15) is 0 Å². The molecule has 11 heteroatoms. The number of fused-ring (bicyclic) bond motifs is 1. The van der Waals surface area contributed by atoms with Gasteiger partial charge in [0.1, 0.15) is 5.82 Å². The number of carbonyl (C=O) groups excluding carboxylic acids is 1. The van der Waals surface area contributed by atoms with Crippen LogP contribution in [-0.2, 0) is 11.3 Å². The van der Waals surface area contributed by atoms with Crippen molar-refractivity contribution >= 4 is 34.7 Å². The van der Waals surface area contributed by atoms with Gasteiger partial charge in [-0.1, -0.05) is 44.2 Å². The molecule has 2 aromatic heterocycles. The van der Waals surface area contributed by atoms with Crippen LogP contribution in [0.25, 0.3) is 11.2 Å². The van der Waals surface area contributed by atoms with E-state index < -0.39 is 22.9 Å². The van der Waals surface area contributed by atoms with Crippen molar-refractivity contribution in [3.05, 3.63) is 56.4 Å². The van der Waals surface area contributed by atoms with Crippen LogP contribution in [0.3, 0.4) is 0 Å². The fourth-order valence-corrected chi connectivity index (χ4v) is 3.88. The Labute approximate surface area is 187 Å². The van der Waals surface area contributed by atoms with Crippen molar-refractivity contribution in [2.45, 2.75) is 51.2 Å². The standard InChI is InChI=1S/C21H24FN5O4S/c1-3-5-11-32-21-24-17(23)16-18(25-21)26(12-13-7-9-14(22)10-8-13)19(29)20(30)27(16)31-15(28)6-4-2/h7-10H,3-6,11-12H2,1-2H3,(H2,23,24,25). The van der Waals surface area contributed by atoms with Gasteiger partial charge in [0, 0.05) is 12.2 Å². The fourth-order valence-electron chi connectivity index (χ4n) is 2.95. The molecule has 0 aliphatic carbocycles. The Morgan fingerprint density at radius 3 is 2.50 bits per heavy atom. The Morgan fingerprint density at radius 1 is 1.12 bits per heavy atom. The lowest BCUT2D eigenvalue weighted by molar-refractivity contribution is -0.144. The van der Waals surface area contributed by atoms with Crippen molar-refractivity contribution in [1.29, 1.82) is 0 Å². The summed E-state index contributed by atoms with van der Waals surface area (Å²) in [6.45, 7) is 3.78. The van der Waals surface area contributed by atoms with Gasteiger partial charge in [0.15, 0.2) is 22.1 Å². The highest BCUT2D eigenvalue weighted by molar-refractivity contribution is 7.99. The molecule has 1 aromatic carbocycles. The minimum Gasteiger partial charge on any atom is -0.382 e. The van der Waals surface area contributed by atoms with Crippen LogP contribution < -0.4 is 21.7 Å². The molecule has 2 heterocycles. The maximum absolute atomic E-state index is 13.3. The highest BCUT2D eigenvalue weighted by Crippen LogP contribution is 2.22. The Balaban J connectivity index is 2.22. The SMILES string of the molecule is CCCCSc1nc(N)c2c(n1)n(Cc1ccc(F)cc1)c(=O)c(=O)n2OC(=O)CCC. The van der Waals surface area contributed by atoms with Gasteiger partial charge in [-0.25, -0.2) is 19.2 Å². The van der Waals surface area contributed by atoms with E-state index >= 15 is 0 Å². The summed E-state index contributed by atoms with van der Waals surface area (Å²) < 4.78 is 15.0. The van der Waals surface area contributed by atoms with Crippen LogP contribution in [-0.4, -0.2) is 31.0 Å². The molecule has 0 aliphatic rings. The first kappa shape index (κ1) is 23.5. The minimum absolute atomic E-state index is 0.0507. The number of thioether (sulfide) groups is 1. The number of unbranched alkanes of at least 4 members (excludes halogenated alkanes) is 1. The number of aromatic nitrogens is 4. The number of benzene rings is 1. The van der Waals surface area contributed by atoms with Crippen LogP contribution >= 0.6 is 11.8 Å². The van der Waals surface area contributed by atoms with E-state index in [1.807, 2.05) is 0 Å². The van der Waals surface area contributed by atoms with E-state index in [-0.39, 0.29) is 29.9 Å². The minimum atomic E-state index is -1.09. The quantitative estimate of drug-likeness (QED) is 0.223. The van der Waals surface area contributed by atoms with E-state index in [1.54, 1.807) is 6.92 Å². The number of nitrogen functional groups attached to an aromatic ring is 1. The first-order valence-electron chi connectivity index (χ1n) is 10.3. The van der Waals surface area contributed by atoms with Crippen LogP contribution in [0.5, 0.6) is 0 Å². The van der Waals surface area contributed by atoms with Crippen LogP contribution in [0.1, 0.15) is 45.1 Å². The zero-order valence-electron chi connectivity index (χ0n) is 17.8. The summed E-state index contributed by atoms with van der Waals surface area (Å²) in [5, 5.41) is 0.334. The maximum Gasteiger partial charge on any atom is 0.350 e. The van der Waals surface area contributed by atoms with E-state index in [9.17, 15) is 18.8 Å². The largest absolute Gasteiger partial charge is 0.382 e. The molecule has 9 nitrogen and oxygen atoms in total. The Morgan fingerprint density at radius 2 is 1.84 bits per heavy atom. The number of nitrogens with two attached hydrogens (primary N) is 1. The van der Waals surface area contributed by atoms with Gasteiger partial charge in [0.25, 0.3) is 0 Å². The summed E-state index contributed by atoms with van der Waals surface area (Å²) in [6, 6.07) is 5.51. The summed E-state index contributed by atoms with van der Waals surface area (Å²) in [6.07, 6.45) is 2.47. The molecule has 3 aromatic rings. The highest BCUT2D eigenvalue weighted by Gasteiger charge is 2.22. The first-order valence-corrected chi connectivity index (χ1v) is 11.3. The van der Waals surface area contributed by atoms with Gasteiger partial charge in [0.05, 0.1) is 6.54 Å². The van der Waals surface area contributed by atoms with E-state index in [2.05, 4.69) is 16.9 Å². The normalized spacial score (nSPS) is 11.1. The van der Waals surface area contributed by atoms with E-state index in [4.69, 9.17) is 10.6 Å². The lowest BCUT2D eigenvalue weighted by Crippen LogP contribution is -2.45. The molecule has 0 saturated heterocycles. The smallest absolute Gasteiger partial charge is 0.350 e. The molecule has 0 amide bonds. The fraction of sp³-hybridized carbons (Fsp3) is 0.381. The predicted octanol–water partition coefficient (Wildman–Crippen LogP) is 2.37. The maximum atomic E-state index is 13.3. The van der Waals surface area contributed by atoms with Gasteiger partial charge in [-0.05, 0) is 30.5 Å². The Kier molecular flexibility index (Phi) is 7.62. The molecule has 170 valence electrons. The van der Waals surface area contributed by atoms with Gasteiger partial charge in [0.2, 0.25) is 0 Å². The van der Waals surface area contributed by atoms with E-state index in [0.717, 1.165) is 23.2 Å². The second-order valence-electron chi connectivity index (χ2n) is 7.10.